The zero-order valence-electron chi connectivity index (χ0n) is 14.1. The van der Waals surface area contributed by atoms with Crippen LogP contribution in [0.3, 0.4) is 0 Å². The molecular weight excluding hydrogens is 324 g/mol. The summed E-state index contributed by atoms with van der Waals surface area (Å²) in [7, 11) is 0. The largest absolute Gasteiger partial charge is 0.385 e. The zero-order valence-corrected chi connectivity index (χ0v) is 14.9. The first kappa shape index (κ1) is 17.4. The van der Waals surface area contributed by atoms with E-state index in [1.807, 2.05) is 12.1 Å². The van der Waals surface area contributed by atoms with Crippen LogP contribution in [0.5, 0.6) is 0 Å². The van der Waals surface area contributed by atoms with Crippen molar-refractivity contribution in [3.05, 3.63) is 46.8 Å². The molecule has 2 N–H and O–H groups in total. The minimum Gasteiger partial charge on any atom is -0.385 e. The normalized spacial score (nSPS) is 18.0. The maximum Gasteiger partial charge on any atom is 0.151 e. The van der Waals surface area contributed by atoms with E-state index in [9.17, 15) is 5.11 Å². The van der Waals surface area contributed by atoms with Gasteiger partial charge in [-0.05, 0) is 25.3 Å². The molecule has 0 aliphatic carbocycles. The summed E-state index contributed by atoms with van der Waals surface area (Å²) in [6.45, 7) is 4.57. The van der Waals surface area contributed by atoms with E-state index in [0.29, 0.717) is 18.0 Å². The number of aryl methyl sites for hydroxylation is 1. The third-order valence-electron chi connectivity index (χ3n) is 4.81. The predicted octanol–water partition coefficient (Wildman–Crippen LogP) is 3.28. The van der Waals surface area contributed by atoms with Gasteiger partial charge in [0.25, 0.3) is 0 Å². The summed E-state index contributed by atoms with van der Waals surface area (Å²) < 4.78 is 0. The second-order valence-electron chi connectivity index (χ2n) is 6.61. The summed E-state index contributed by atoms with van der Waals surface area (Å²) in [6.07, 6.45) is 8.11. The van der Waals surface area contributed by atoms with Gasteiger partial charge in [-0.25, -0.2) is 4.98 Å². The van der Waals surface area contributed by atoms with Crippen LogP contribution < -0.4 is 0 Å². The molecule has 0 atom stereocenters. The standard InChI is InChI=1S/C18H25ClN4O/c1-2-3-6-16-21-15(17(19)22-16)13-23-10-7-18(24,8-11-23)14-5-4-9-20-12-14/h4-5,9,12,24H,2-3,6-8,10-11,13H2,1H3,(H,21,22). The van der Waals surface area contributed by atoms with Gasteiger partial charge in [0.1, 0.15) is 5.82 Å². The van der Waals surface area contributed by atoms with E-state index in [1.54, 1.807) is 12.4 Å². The quantitative estimate of drug-likeness (QED) is 0.840. The Morgan fingerprint density at radius 2 is 2.17 bits per heavy atom. The van der Waals surface area contributed by atoms with Crippen molar-refractivity contribution in [1.82, 2.24) is 19.9 Å². The monoisotopic (exact) mass is 348 g/mol. The second-order valence-corrected chi connectivity index (χ2v) is 6.96. The van der Waals surface area contributed by atoms with Crippen LogP contribution in [0.2, 0.25) is 5.15 Å². The molecule has 0 unspecified atom stereocenters. The molecule has 0 radical (unpaired) electrons. The van der Waals surface area contributed by atoms with Gasteiger partial charge in [0.2, 0.25) is 0 Å². The van der Waals surface area contributed by atoms with Crippen LogP contribution in [-0.2, 0) is 18.6 Å². The molecule has 24 heavy (non-hydrogen) atoms. The van der Waals surface area contributed by atoms with Crippen LogP contribution in [0.4, 0.5) is 0 Å². The zero-order chi connectivity index (χ0) is 17.0. The number of pyridine rings is 1. The molecule has 3 rings (SSSR count). The molecule has 130 valence electrons. The Kier molecular flexibility index (Phi) is 5.54. The Morgan fingerprint density at radius 1 is 1.38 bits per heavy atom. The molecule has 0 aromatic carbocycles. The number of nitrogens with zero attached hydrogens (tertiary/aromatic N) is 3. The maximum atomic E-state index is 10.9. The van der Waals surface area contributed by atoms with Gasteiger partial charge < -0.3 is 10.1 Å². The predicted molar refractivity (Wildman–Crippen MR) is 94.9 cm³/mol. The summed E-state index contributed by atoms with van der Waals surface area (Å²) >= 11 is 6.27. The van der Waals surface area contributed by atoms with Crippen molar-refractivity contribution in [2.24, 2.45) is 0 Å². The topological polar surface area (TPSA) is 65.0 Å². The molecular formula is C18H25ClN4O. The van der Waals surface area contributed by atoms with E-state index in [1.165, 1.54) is 0 Å². The Morgan fingerprint density at radius 3 is 2.83 bits per heavy atom. The number of imidazole rings is 1. The summed E-state index contributed by atoms with van der Waals surface area (Å²) in [4.78, 5) is 14.2. The fourth-order valence-corrected chi connectivity index (χ4v) is 3.45. The van der Waals surface area contributed by atoms with E-state index in [0.717, 1.165) is 56.0 Å². The molecule has 0 bridgehead atoms. The van der Waals surface area contributed by atoms with Gasteiger partial charge in [-0.1, -0.05) is 31.0 Å². The summed E-state index contributed by atoms with van der Waals surface area (Å²) in [6, 6.07) is 3.83. The second kappa shape index (κ2) is 7.64. The molecule has 0 amide bonds. The number of unbranched alkanes of at least 4 members (excludes halogenated alkanes) is 1. The van der Waals surface area contributed by atoms with E-state index in [2.05, 4.69) is 26.8 Å². The van der Waals surface area contributed by atoms with Gasteiger partial charge in [0, 0.05) is 44.0 Å². The Hall–Kier alpha value is -1.43. The van der Waals surface area contributed by atoms with E-state index >= 15 is 0 Å². The molecule has 1 fully saturated rings. The van der Waals surface area contributed by atoms with Gasteiger partial charge >= 0.3 is 0 Å². The number of aromatic nitrogens is 3. The average molecular weight is 349 g/mol. The number of H-pyrrole nitrogens is 1. The van der Waals surface area contributed by atoms with Crippen molar-refractivity contribution in [2.45, 2.75) is 51.2 Å². The van der Waals surface area contributed by atoms with Crippen LogP contribution in [0.1, 0.15) is 49.7 Å². The van der Waals surface area contributed by atoms with Gasteiger partial charge in [0.05, 0.1) is 11.3 Å². The number of likely N-dealkylation sites (tertiary alicyclic amines) is 1. The third-order valence-corrected chi connectivity index (χ3v) is 5.12. The van der Waals surface area contributed by atoms with Gasteiger partial charge in [0.15, 0.2) is 5.15 Å². The fraction of sp³-hybridized carbons (Fsp3) is 0.556. The lowest BCUT2D eigenvalue weighted by Crippen LogP contribution is -2.42. The smallest absolute Gasteiger partial charge is 0.151 e. The Balaban J connectivity index is 1.58. The highest BCUT2D eigenvalue weighted by molar-refractivity contribution is 6.30. The first-order valence-electron chi connectivity index (χ1n) is 8.69. The lowest BCUT2D eigenvalue weighted by Gasteiger charge is -2.38. The fourth-order valence-electron chi connectivity index (χ4n) is 3.24. The third kappa shape index (κ3) is 3.97. The lowest BCUT2D eigenvalue weighted by atomic mass is 9.85. The molecule has 5 nitrogen and oxygen atoms in total. The van der Waals surface area contributed by atoms with E-state index in [4.69, 9.17) is 11.6 Å². The number of aromatic amines is 1. The Bertz CT molecular complexity index is 650. The molecule has 6 heteroatoms. The molecule has 0 spiro atoms. The van der Waals surface area contributed by atoms with E-state index in [-0.39, 0.29) is 0 Å². The van der Waals surface area contributed by atoms with Crippen molar-refractivity contribution < 1.29 is 5.11 Å². The van der Waals surface area contributed by atoms with Crippen LogP contribution >= 0.6 is 11.6 Å². The van der Waals surface area contributed by atoms with Gasteiger partial charge in [-0.2, -0.15) is 0 Å². The van der Waals surface area contributed by atoms with Crippen molar-refractivity contribution in [3.63, 3.8) is 0 Å². The maximum absolute atomic E-state index is 10.9. The molecule has 3 heterocycles. The van der Waals surface area contributed by atoms with Gasteiger partial charge in [-0.15, -0.1) is 0 Å². The SMILES string of the molecule is CCCCc1nc(Cl)c(CN2CCC(O)(c3cccnc3)CC2)[nH]1. The molecule has 2 aromatic rings. The summed E-state index contributed by atoms with van der Waals surface area (Å²) in [5, 5.41) is 11.4. The summed E-state index contributed by atoms with van der Waals surface area (Å²) in [5.74, 6) is 0.973. The van der Waals surface area contributed by atoms with Crippen LogP contribution in [0, 0.1) is 0 Å². The van der Waals surface area contributed by atoms with Crippen LogP contribution in [0.25, 0.3) is 0 Å². The molecule has 1 saturated heterocycles. The number of nitrogens with one attached hydrogen (secondary N) is 1. The minimum absolute atomic E-state index is 0.578. The number of piperidine rings is 1. The highest BCUT2D eigenvalue weighted by Gasteiger charge is 2.34. The van der Waals surface area contributed by atoms with Gasteiger partial charge in [-0.3, -0.25) is 9.88 Å². The Labute approximate surface area is 148 Å². The van der Waals surface area contributed by atoms with Crippen molar-refractivity contribution in [2.75, 3.05) is 13.1 Å². The number of halogens is 1. The highest BCUT2D eigenvalue weighted by Crippen LogP contribution is 2.33. The first-order chi connectivity index (χ1) is 11.6. The molecule has 2 aromatic heterocycles. The van der Waals surface area contributed by atoms with Crippen LogP contribution in [-0.4, -0.2) is 38.0 Å². The van der Waals surface area contributed by atoms with E-state index < -0.39 is 5.60 Å². The first-order valence-corrected chi connectivity index (χ1v) is 9.07. The molecule has 0 saturated carbocycles. The lowest BCUT2D eigenvalue weighted by molar-refractivity contribution is -0.0282. The van der Waals surface area contributed by atoms with Crippen molar-refractivity contribution >= 4 is 11.6 Å². The number of hydrogen-bond acceptors (Lipinski definition) is 4. The minimum atomic E-state index is -0.769. The number of rotatable bonds is 6. The molecule has 1 aliphatic heterocycles. The van der Waals surface area contributed by atoms with Crippen LogP contribution in [0.15, 0.2) is 24.5 Å². The number of aliphatic hydroxyl groups is 1. The highest BCUT2D eigenvalue weighted by atomic mass is 35.5. The summed E-state index contributed by atoms with van der Waals surface area (Å²) in [5.41, 5.74) is 1.12. The van der Waals surface area contributed by atoms with Crippen molar-refractivity contribution in [1.29, 1.82) is 0 Å². The number of hydrogen-bond donors (Lipinski definition) is 2. The molecule has 1 aliphatic rings. The average Bonchev–Trinajstić information content (AvgIpc) is 2.96. The van der Waals surface area contributed by atoms with Crippen molar-refractivity contribution in [3.8, 4) is 0 Å².